The molecule has 0 N–H and O–H groups in total. The minimum atomic E-state index is -0.0335. The molecule has 158 valence electrons. The highest BCUT2D eigenvalue weighted by Gasteiger charge is 2.20. The zero-order valence-corrected chi connectivity index (χ0v) is 18.9. The third kappa shape index (κ3) is 5.04. The predicted octanol–water partition coefficient (Wildman–Crippen LogP) is 6.07. The van der Waals surface area contributed by atoms with Gasteiger partial charge in [0.1, 0.15) is 5.82 Å². The minimum absolute atomic E-state index is 0.0335. The molecule has 1 aromatic heterocycles. The summed E-state index contributed by atoms with van der Waals surface area (Å²) in [6.45, 7) is 2.79. The van der Waals surface area contributed by atoms with E-state index in [2.05, 4.69) is 9.88 Å². The van der Waals surface area contributed by atoms with Crippen molar-refractivity contribution in [3.63, 3.8) is 0 Å². The molecule has 1 amide bonds. The summed E-state index contributed by atoms with van der Waals surface area (Å²) in [5.74, 6) is 0.905. The highest BCUT2D eigenvalue weighted by Crippen LogP contribution is 2.37. The fourth-order valence-corrected chi connectivity index (χ4v) is 4.41. The summed E-state index contributed by atoms with van der Waals surface area (Å²) in [4.78, 5) is 21.2. The van der Waals surface area contributed by atoms with Gasteiger partial charge in [-0.25, -0.2) is 4.98 Å². The number of amides is 1. The van der Waals surface area contributed by atoms with Crippen molar-refractivity contribution < 1.29 is 4.79 Å². The van der Waals surface area contributed by atoms with Crippen LogP contribution in [0.2, 0.25) is 15.1 Å². The lowest BCUT2D eigenvalue weighted by Crippen LogP contribution is -2.48. The number of hydrogen-bond acceptors (Lipinski definition) is 3. The first-order chi connectivity index (χ1) is 15.0. The van der Waals surface area contributed by atoms with Crippen LogP contribution in [0.4, 0.5) is 5.82 Å². The Morgan fingerprint density at radius 1 is 0.903 bits per heavy atom. The molecule has 2 heterocycles. The van der Waals surface area contributed by atoms with E-state index < -0.39 is 0 Å². The van der Waals surface area contributed by atoms with E-state index in [1.54, 1.807) is 36.5 Å². The molecule has 4 nitrogen and oxygen atoms in total. The summed E-state index contributed by atoms with van der Waals surface area (Å²) < 4.78 is 0. The molecule has 1 fully saturated rings. The van der Waals surface area contributed by atoms with Crippen molar-refractivity contribution in [1.82, 2.24) is 9.88 Å². The van der Waals surface area contributed by atoms with Crippen molar-refractivity contribution in [3.8, 4) is 11.1 Å². The molecule has 7 heteroatoms. The van der Waals surface area contributed by atoms with Crippen LogP contribution in [-0.2, 0) is 4.79 Å². The molecule has 0 aliphatic carbocycles. The number of hydrogen-bond donors (Lipinski definition) is 0. The number of pyridine rings is 1. The maximum Gasteiger partial charge on any atom is 0.246 e. The van der Waals surface area contributed by atoms with Crippen molar-refractivity contribution in [3.05, 3.63) is 87.5 Å². The molecule has 0 saturated carbocycles. The van der Waals surface area contributed by atoms with Crippen molar-refractivity contribution >= 4 is 52.6 Å². The third-order valence-corrected chi connectivity index (χ3v) is 6.08. The lowest BCUT2D eigenvalue weighted by molar-refractivity contribution is -0.126. The summed E-state index contributed by atoms with van der Waals surface area (Å²) in [5.41, 5.74) is 2.36. The number of carbonyl (C=O) groups excluding carboxylic acids is 1. The number of carbonyl (C=O) groups is 1. The van der Waals surface area contributed by atoms with Crippen molar-refractivity contribution in [2.24, 2.45) is 0 Å². The summed E-state index contributed by atoms with van der Waals surface area (Å²) in [6.07, 6.45) is 5.17. The van der Waals surface area contributed by atoms with Gasteiger partial charge in [-0.3, -0.25) is 4.79 Å². The van der Waals surface area contributed by atoms with Crippen LogP contribution < -0.4 is 4.90 Å². The van der Waals surface area contributed by atoms with Gasteiger partial charge in [0.25, 0.3) is 0 Å². The Labute approximate surface area is 196 Å². The Hall–Kier alpha value is -2.53. The Morgan fingerprint density at radius 3 is 2.42 bits per heavy atom. The van der Waals surface area contributed by atoms with Crippen molar-refractivity contribution in [2.75, 3.05) is 31.1 Å². The molecular formula is C24H20Cl3N3O. The van der Waals surface area contributed by atoms with E-state index in [-0.39, 0.29) is 5.91 Å². The van der Waals surface area contributed by atoms with Gasteiger partial charge in [-0.1, -0.05) is 59.1 Å². The van der Waals surface area contributed by atoms with Crippen LogP contribution >= 0.6 is 34.8 Å². The Morgan fingerprint density at radius 2 is 1.71 bits per heavy atom. The minimum Gasteiger partial charge on any atom is -0.353 e. The molecule has 3 aromatic rings. The second-order valence-electron chi connectivity index (χ2n) is 7.16. The second-order valence-corrected chi connectivity index (χ2v) is 8.41. The number of aromatic nitrogens is 1. The van der Waals surface area contributed by atoms with Crippen molar-refractivity contribution in [1.29, 1.82) is 0 Å². The molecule has 0 atom stereocenters. The van der Waals surface area contributed by atoms with Gasteiger partial charge in [-0.15, -0.1) is 0 Å². The van der Waals surface area contributed by atoms with E-state index in [0.717, 1.165) is 35.6 Å². The molecule has 1 aliphatic rings. The smallest absolute Gasteiger partial charge is 0.246 e. The van der Waals surface area contributed by atoms with Crippen molar-refractivity contribution in [2.45, 2.75) is 0 Å². The molecular weight excluding hydrogens is 453 g/mol. The normalized spacial score (nSPS) is 14.3. The second kappa shape index (κ2) is 9.73. The summed E-state index contributed by atoms with van der Waals surface area (Å²) in [6, 6.07) is 16.7. The third-order valence-electron chi connectivity index (χ3n) is 5.22. The van der Waals surface area contributed by atoms with Crippen LogP contribution in [0.25, 0.3) is 17.2 Å². The van der Waals surface area contributed by atoms with Crippen LogP contribution in [0.1, 0.15) is 5.56 Å². The molecule has 31 heavy (non-hydrogen) atoms. The average molecular weight is 473 g/mol. The number of rotatable bonds is 4. The van der Waals surface area contributed by atoms with Gasteiger partial charge >= 0.3 is 0 Å². The predicted molar refractivity (Wildman–Crippen MR) is 129 cm³/mol. The largest absolute Gasteiger partial charge is 0.353 e. The van der Waals surface area contributed by atoms with Gasteiger partial charge in [0.15, 0.2) is 0 Å². The van der Waals surface area contributed by atoms with Gasteiger partial charge in [0.05, 0.1) is 0 Å². The van der Waals surface area contributed by atoms with E-state index in [4.69, 9.17) is 34.8 Å². The van der Waals surface area contributed by atoms with E-state index in [1.165, 1.54) is 0 Å². The highest BCUT2D eigenvalue weighted by atomic mass is 35.5. The lowest BCUT2D eigenvalue weighted by atomic mass is 9.99. The van der Waals surface area contributed by atoms with Crippen LogP contribution in [0.15, 0.2) is 66.9 Å². The first kappa shape index (κ1) is 21.7. The average Bonchev–Trinajstić information content (AvgIpc) is 2.79. The summed E-state index contributed by atoms with van der Waals surface area (Å²) in [5, 5.41) is 1.62. The molecule has 0 bridgehead atoms. The topological polar surface area (TPSA) is 36.4 Å². The summed E-state index contributed by atoms with van der Waals surface area (Å²) >= 11 is 18.9. The molecule has 0 radical (unpaired) electrons. The molecule has 2 aromatic carbocycles. The summed E-state index contributed by atoms with van der Waals surface area (Å²) in [7, 11) is 0. The van der Waals surface area contributed by atoms with Crippen LogP contribution in [0.3, 0.4) is 0 Å². The zero-order chi connectivity index (χ0) is 21.8. The van der Waals surface area contributed by atoms with E-state index >= 15 is 0 Å². The highest BCUT2D eigenvalue weighted by molar-refractivity contribution is 6.38. The van der Waals surface area contributed by atoms with Gasteiger partial charge in [-0.2, -0.15) is 0 Å². The Kier molecular flexibility index (Phi) is 6.81. The quantitative estimate of drug-likeness (QED) is 0.432. The number of benzene rings is 2. The zero-order valence-electron chi connectivity index (χ0n) is 16.6. The fraction of sp³-hybridized carbons (Fsp3) is 0.167. The van der Waals surface area contributed by atoms with Gasteiger partial charge in [0.2, 0.25) is 5.91 Å². The monoisotopic (exact) mass is 471 g/mol. The van der Waals surface area contributed by atoms with Crippen LogP contribution in [0, 0.1) is 0 Å². The first-order valence-electron chi connectivity index (χ1n) is 9.90. The lowest BCUT2D eigenvalue weighted by Gasteiger charge is -2.34. The molecule has 0 spiro atoms. The van der Waals surface area contributed by atoms with E-state index in [9.17, 15) is 4.79 Å². The Balaban J connectivity index is 1.49. The van der Waals surface area contributed by atoms with Gasteiger partial charge in [0, 0.05) is 64.6 Å². The molecule has 1 saturated heterocycles. The molecule has 4 rings (SSSR count). The van der Waals surface area contributed by atoms with Crippen LogP contribution in [0.5, 0.6) is 0 Å². The number of anilines is 1. The maximum absolute atomic E-state index is 12.8. The van der Waals surface area contributed by atoms with Gasteiger partial charge < -0.3 is 9.80 Å². The first-order valence-corrected chi connectivity index (χ1v) is 11.0. The van der Waals surface area contributed by atoms with E-state index in [1.807, 2.05) is 41.3 Å². The fourth-order valence-electron chi connectivity index (χ4n) is 3.62. The van der Waals surface area contributed by atoms with Gasteiger partial charge in [-0.05, 0) is 42.0 Å². The molecule has 0 unspecified atom stereocenters. The Bertz CT molecular complexity index is 1110. The number of nitrogens with zero attached hydrogens (tertiary/aromatic N) is 3. The van der Waals surface area contributed by atoms with E-state index in [0.29, 0.717) is 28.2 Å². The maximum atomic E-state index is 12.8. The number of piperazine rings is 1. The standard InChI is InChI=1S/C24H20Cl3N3O/c25-18-8-9-19(21(27)16-18)24-17(4-3-5-20(24)26)7-10-23(31)30-14-12-29(13-15-30)22-6-1-2-11-28-22/h1-11,16H,12-15H2/b10-7+. The van der Waals surface area contributed by atoms with Crippen LogP contribution in [-0.4, -0.2) is 42.0 Å². The number of halogens is 3. The SMILES string of the molecule is O=C(/C=C/c1cccc(Cl)c1-c1ccc(Cl)cc1Cl)N1CCN(c2ccccn2)CC1. The molecule has 1 aliphatic heterocycles.